The van der Waals surface area contributed by atoms with E-state index in [0.29, 0.717) is 25.4 Å². The molecule has 0 aliphatic carbocycles. The van der Waals surface area contributed by atoms with Crippen molar-refractivity contribution in [3.05, 3.63) is 65.0 Å². The number of aryl methyl sites for hydroxylation is 1. The second-order valence-corrected chi connectivity index (χ2v) is 6.27. The summed E-state index contributed by atoms with van der Waals surface area (Å²) in [7, 11) is 0. The molecule has 0 aliphatic rings. The largest absolute Gasteiger partial charge is 0.384 e. The molecule has 0 spiro atoms. The van der Waals surface area contributed by atoms with Gasteiger partial charge in [0.2, 0.25) is 5.91 Å². The summed E-state index contributed by atoms with van der Waals surface area (Å²) < 4.78 is 12.8. The van der Waals surface area contributed by atoms with Gasteiger partial charge in [-0.3, -0.25) is 4.79 Å². The molecule has 0 saturated heterocycles. The van der Waals surface area contributed by atoms with Crippen molar-refractivity contribution in [3.63, 3.8) is 0 Å². The fourth-order valence-electron chi connectivity index (χ4n) is 2.61. The summed E-state index contributed by atoms with van der Waals surface area (Å²) in [5.41, 5.74) is 4.46. The number of anilines is 1. The van der Waals surface area contributed by atoms with Gasteiger partial charge in [0, 0.05) is 25.2 Å². The van der Waals surface area contributed by atoms with Crippen molar-refractivity contribution in [1.29, 1.82) is 0 Å². The van der Waals surface area contributed by atoms with Gasteiger partial charge in [-0.15, -0.1) is 0 Å². The third-order valence-corrected chi connectivity index (χ3v) is 3.98. The molecule has 2 aromatic rings. The van der Waals surface area contributed by atoms with Crippen LogP contribution < -0.4 is 10.6 Å². The van der Waals surface area contributed by atoms with Crippen LogP contribution in [0.1, 0.15) is 42.9 Å². The molecule has 3 nitrogen and oxygen atoms in total. The number of halogens is 1. The zero-order chi connectivity index (χ0) is 17.5. The molecule has 0 aliphatic heterocycles. The SMILES string of the molecule is Cc1cccc(C(C)C)c1NCCC(=O)NCc1ccc(F)cc1. The number of carbonyl (C=O) groups excluding carboxylic acids is 1. The minimum Gasteiger partial charge on any atom is -0.384 e. The zero-order valence-corrected chi connectivity index (χ0v) is 14.5. The minimum atomic E-state index is -0.270. The Morgan fingerprint density at radius 3 is 2.50 bits per heavy atom. The number of carbonyl (C=O) groups is 1. The van der Waals surface area contributed by atoms with Crippen LogP contribution in [0, 0.1) is 12.7 Å². The van der Waals surface area contributed by atoms with Gasteiger partial charge in [0.15, 0.2) is 0 Å². The van der Waals surface area contributed by atoms with Gasteiger partial charge >= 0.3 is 0 Å². The van der Waals surface area contributed by atoms with Crippen LogP contribution in [0.2, 0.25) is 0 Å². The van der Waals surface area contributed by atoms with Crippen molar-refractivity contribution in [2.45, 2.75) is 39.7 Å². The first-order valence-electron chi connectivity index (χ1n) is 8.32. The van der Waals surface area contributed by atoms with Gasteiger partial charge in [-0.2, -0.15) is 0 Å². The third kappa shape index (κ3) is 5.08. The monoisotopic (exact) mass is 328 g/mol. The maximum Gasteiger partial charge on any atom is 0.222 e. The van der Waals surface area contributed by atoms with Crippen LogP contribution >= 0.6 is 0 Å². The molecule has 0 aromatic heterocycles. The molecule has 0 unspecified atom stereocenters. The molecule has 2 aromatic carbocycles. The van der Waals surface area contributed by atoms with Crippen molar-refractivity contribution in [3.8, 4) is 0 Å². The van der Waals surface area contributed by atoms with Gasteiger partial charge in [0.1, 0.15) is 5.82 Å². The number of para-hydroxylation sites is 1. The van der Waals surface area contributed by atoms with Gasteiger partial charge in [0.25, 0.3) is 0 Å². The highest BCUT2D eigenvalue weighted by molar-refractivity contribution is 5.76. The van der Waals surface area contributed by atoms with Gasteiger partial charge < -0.3 is 10.6 Å². The lowest BCUT2D eigenvalue weighted by molar-refractivity contribution is -0.121. The molecule has 128 valence electrons. The summed E-state index contributed by atoms with van der Waals surface area (Å²) in [5.74, 6) is 0.139. The molecular formula is C20H25FN2O. The van der Waals surface area contributed by atoms with Crippen LogP contribution in [-0.4, -0.2) is 12.5 Å². The summed E-state index contributed by atoms with van der Waals surface area (Å²) in [6.07, 6.45) is 0.396. The minimum absolute atomic E-state index is 0.0218. The van der Waals surface area contributed by atoms with E-state index in [9.17, 15) is 9.18 Å². The van der Waals surface area contributed by atoms with Crippen molar-refractivity contribution >= 4 is 11.6 Å². The summed E-state index contributed by atoms with van der Waals surface area (Å²) in [6.45, 7) is 7.40. The highest BCUT2D eigenvalue weighted by Gasteiger charge is 2.09. The molecule has 0 radical (unpaired) electrons. The molecule has 0 heterocycles. The summed E-state index contributed by atoms with van der Waals surface area (Å²) >= 11 is 0. The van der Waals surface area contributed by atoms with Crippen LogP contribution in [0.5, 0.6) is 0 Å². The van der Waals surface area contributed by atoms with E-state index >= 15 is 0 Å². The van der Waals surface area contributed by atoms with Crippen molar-refractivity contribution in [1.82, 2.24) is 5.32 Å². The number of hydrogen-bond donors (Lipinski definition) is 2. The lowest BCUT2D eigenvalue weighted by Crippen LogP contribution is -2.25. The Hall–Kier alpha value is -2.36. The lowest BCUT2D eigenvalue weighted by Gasteiger charge is -2.17. The molecule has 0 saturated carbocycles. The molecular weight excluding hydrogens is 303 g/mol. The molecule has 0 atom stereocenters. The van der Waals surface area contributed by atoms with E-state index in [0.717, 1.165) is 11.3 Å². The van der Waals surface area contributed by atoms with Crippen molar-refractivity contribution < 1.29 is 9.18 Å². The molecule has 1 amide bonds. The maximum atomic E-state index is 12.8. The fraction of sp³-hybridized carbons (Fsp3) is 0.350. The molecule has 0 fully saturated rings. The Morgan fingerprint density at radius 1 is 1.12 bits per heavy atom. The standard InChI is InChI=1S/C20H25FN2O/c1-14(2)18-6-4-5-15(3)20(18)22-12-11-19(24)23-13-16-7-9-17(21)10-8-16/h4-10,14,22H,11-13H2,1-3H3,(H,23,24). The quantitative estimate of drug-likeness (QED) is 0.792. The summed E-state index contributed by atoms with van der Waals surface area (Å²) in [6, 6.07) is 12.4. The van der Waals surface area contributed by atoms with Crippen LogP contribution in [0.3, 0.4) is 0 Å². The second-order valence-electron chi connectivity index (χ2n) is 6.27. The van der Waals surface area contributed by atoms with Gasteiger partial charge in [-0.25, -0.2) is 4.39 Å². The maximum absolute atomic E-state index is 12.8. The first kappa shape index (κ1) is 18.0. The van der Waals surface area contributed by atoms with Gasteiger partial charge in [-0.05, 0) is 41.7 Å². The predicted octanol–water partition coefficient (Wildman–Crippen LogP) is 4.38. The summed E-state index contributed by atoms with van der Waals surface area (Å²) in [4.78, 5) is 12.0. The van der Waals surface area contributed by atoms with Crippen LogP contribution in [-0.2, 0) is 11.3 Å². The van der Waals surface area contributed by atoms with E-state index in [1.807, 2.05) is 0 Å². The number of rotatable bonds is 7. The number of amides is 1. The molecule has 0 bridgehead atoms. The van der Waals surface area contributed by atoms with E-state index < -0.39 is 0 Å². The van der Waals surface area contributed by atoms with Crippen molar-refractivity contribution in [2.24, 2.45) is 0 Å². The van der Waals surface area contributed by atoms with Crippen molar-refractivity contribution in [2.75, 3.05) is 11.9 Å². The van der Waals surface area contributed by atoms with Crippen LogP contribution in [0.25, 0.3) is 0 Å². The topological polar surface area (TPSA) is 41.1 Å². The normalized spacial score (nSPS) is 10.7. The third-order valence-electron chi connectivity index (χ3n) is 3.98. The van der Waals surface area contributed by atoms with E-state index in [1.165, 1.54) is 23.3 Å². The number of hydrogen-bond acceptors (Lipinski definition) is 2. The molecule has 2 rings (SSSR count). The Balaban J connectivity index is 1.82. The predicted molar refractivity (Wildman–Crippen MR) is 96.6 cm³/mol. The zero-order valence-electron chi connectivity index (χ0n) is 14.5. The average molecular weight is 328 g/mol. The second kappa shape index (κ2) is 8.48. The van der Waals surface area contributed by atoms with E-state index in [-0.39, 0.29) is 11.7 Å². The first-order chi connectivity index (χ1) is 11.5. The first-order valence-corrected chi connectivity index (χ1v) is 8.32. The van der Waals surface area contributed by atoms with E-state index in [1.54, 1.807) is 12.1 Å². The highest BCUT2D eigenvalue weighted by atomic mass is 19.1. The smallest absolute Gasteiger partial charge is 0.222 e. The number of nitrogens with one attached hydrogen (secondary N) is 2. The Morgan fingerprint density at radius 2 is 1.83 bits per heavy atom. The van der Waals surface area contributed by atoms with Gasteiger partial charge in [-0.1, -0.05) is 44.2 Å². The molecule has 2 N–H and O–H groups in total. The van der Waals surface area contributed by atoms with Crippen LogP contribution in [0.4, 0.5) is 10.1 Å². The number of benzene rings is 2. The lowest BCUT2D eigenvalue weighted by atomic mass is 9.98. The highest BCUT2D eigenvalue weighted by Crippen LogP contribution is 2.27. The van der Waals surface area contributed by atoms with Gasteiger partial charge in [0.05, 0.1) is 0 Å². The Labute approximate surface area is 143 Å². The Bertz CT molecular complexity index is 681. The average Bonchev–Trinajstić information content (AvgIpc) is 2.55. The fourth-order valence-corrected chi connectivity index (χ4v) is 2.61. The molecule has 4 heteroatoms. The Kier molecular flexibility index (Phi) is 6.36. The summed E-state index contributed by atoms with van der Waals surface area (Å²) in [5, 5.41) is 6.24. The van der Waals surface area contributed by atoms with E-state index in [2.05, 4.69) is 49.6 Å². The molecule has 24 heavy (non-hydrogen) atoms. The van der Waals surface area contributed by atoms with Crippen LogP contribution in [0.15, 0.2) is 42.5 Å². The van der Waals surface area contributed by atoms with E-state index in [4.69, 9.17) is 0 Å².